The Balaban J connectivity index is 0.00000288. The van der Waals surface area contributed by atoms with Crippen molar-refractivity contribution in [3.63, 3.8) is 0 Å². The molecule has 4 nitrogen and oxygen atoms in total. The minimum Gasteiger partial charge on any atom is -0.378 e. The molecule has 0 fully saturated rings. The van der Waals surface area contributed by atoms with Crippen molar-refractivity contribution in [2.45, 2.75) is 19.8 Å². The summed E-state index contributed by atoms with van der Waals surface area (Å²) in [5.41, 5.74) is 10.7. The van der Waals surface area contributed by atoms with Gasteiger partial charge >= 0.3 is 0 Å². The fraction of sp³-hybridized carbons (Fsp3) is 0.316. The van der Waals surface area contributed by atoms with E-state index in [0.717, 1.165) is 18.5 Å². The average Bonchev–Trinajstić information content (AvgIpc) is 2.56. The number of aryl methyl sites for hydroxylation is 1. The van der Waals surface area contributed by atoms with Crippen LogP contribution < -0.4 is 16.0 Å². The number of anilines is 2. The lowest BCUT2D eigenvalue weighted by Gasteiger charge is -2.12. The Kier molecular flexibility index (Phi) is 8.60. The summed E-state index contributed by atoms with van der Waals surface area (Å²) >= 11 is 0. The van der Waals surface area contributed by atoms with E-state index in [0.29, 0.717) is 12.5 Å². The van der Waals surface area contributed by atoms with Gasteiger partial charge in [0.25, 0.3) is 0 Å². The maximum Gasteiger partial charge on any atom is 0.193 e. The van der Waals surface area contributed by atoms with Crippen molar-refractivity contribution >= 4 is 41.3 Å². The lowest BCUT2D eigenvalue weighted by atomic mass is 10.1. The van der Waals surface area contributed by atoms with Gasteiger partial charge in [-0.2, -0.15) is 0 Å². The maximum atomic E-state index is 5.94. The van der Waals surface area contributed by atoms with Crippen molar-refractivity contribution in [2.75, 3.05) is 30.9 Å². The third-order valence-electron chi connectivity index (χ3n) is 3.77. The van der Waals surface area contributed by atoms with Gasteiger partial charge in [-0.1, -0.05) is 31.2 Å². The first-order chi connectivity index (χ1) is 11.1. The van der Waals surface area contributed by atoms with Gasteiger partial charge in [-0.25, -0.2) is 0 Å². The first-order valence-corrected chi connectivity index (χ1v) is 8.00. The van der Waals surface area contributed by atoms with Gasteiger partial charge in [-0.3, -0.25) is 4.99 Å². The van der Waals surface area contributed by atoms with Crippen LogP contribution in [0.2, 0.25) is 0 Å². The molecule has 0 saturated heterocycles. The predicted octanol–water partition coefficient (Wildman–Crippen LogP) is 3.90. The molecule has 0 amide bonds. The molecule has 2 aromatic carbocycles. The van der Waals surface area contributed by atoms with Gasteiger partial charge in [0.15, 0.2) is 5.96 Å². The van der Waals surface area contributed by atoms with E-state index in [1.54, 1.807) is 0 Å². The second-order valence-corrected chi connectivity index (χ2v) is 5.75. The van der Waals surface area contributed by atoms with Crippen LogP contribution in [0.3, 0.4) is 0 Å². The smallest absolute Gasteiger partial charge is 0.193 e. The number of guanidine groups is 1. The van der Waals surface area contributed by atoms with E-state index < -0.39 is 0 Å². The van der Waals surface area contributed by atoms with E-state index in [-0.39, 0.29) is 24.0 Å². The van der Waals surface area contributed by atoms with Crippen molar-refractivity contribution in [3.8, 4) is 0 Å². The van der Waals surface area contributed by atoms with E-state index >= 15 is 0 Å². The Morgan fingerprint density at radius 3 is 2.12 bits per heavy atom. The normalized spacial score (nSPS) is 10.9. The number of benzene rings is 2. The van der Waals surface area contributed by atoms with Crippen LogP contribution >= 0.6 is 24.0 Å². The number of hydrogen-bond acceptors (Lipinski definition) is 2. The van der Waals surface area contributed by atoms with E-state index in [4.69, 9.17) is 5.73 Å². The van der Waals surface area contributed by atoms with E-state index in [9.17, 15) is 0 Å². The SMILES string of the molecule is CCc1ccc(NC(N)=NCCc2ccc(N(C)C)cc2)cc1.I. The molecule has 2 aromatic rings. The minimum absolute atomic E-state index is 0. The number of nitrogens with zero attached hydrogens (tertiary/aromatic N) is 2. The molecular formula is C19H27IN4. The van der Waals surface area contributed by atoms with Crippen molar-refractivity contribution in [1.82, 2.24) is 0 Å². The molecule has 130 valence electrons. The van der Waals surface area contributed by atoms with Gasteiger partial charge in [0.1, 0.15) is 0 Å². The first-order valence-electron chi connectivity index (χ1n) is 8.00. The quantitative estimate of drug-likeness (QED) is 0.409. The summed E-state index contributed by atoms with van der Waals surface area (Å²) in [7, 11) is 4.08. The molecule has 0 aromatic heterocycles. The van der Waals surface area contributed by atoms with Crippen LogP contribution in [-0.2, 0) is 12.8 Å². The Labute approximate surface area is 162 Å². The molecule has 0 aliphatic rings. The van der Waals surface area contributed by atoms with E-state index in [1.807, 2.05) is 26.2 Å². The molecule has 0 spiro atoms. The predicted molar refractivity (Wildman–Crippen MR) is 116 cm³/mol. The second kappa shape index (κ2) is 10.2. The fourth-order valence-corrected chi connectivity index (χ4v) is 2.28. The Morgan fingerprint density at radius 2 is 1.58 bits per heavy atom. The molecule has 0 aliphatic carbocycles. The largest absolute Gasteiger partial charge is 0.378 e. The number of rotatable bonds is 6. The summed E-state index contributed by atoms with van der Waals surface area (Å²) in [4.78, 5) is 6.48. The highest BCUT2D eigenvalue weighted by Gasteiger charge is 1.98. The summed E-state index contributed by atoms with van der Waals surface area (Å²) in [6, 6.07) is 16.8. The summed E-state index contributed by atoms with van der Waals surface area (Å²) in [5, 5.41) is 3.12. The standard InChI is InChI=1S/C19H26N4.HI/c1-4-15-5-9-17(10-6-15)22-19(20)21-14-13-16-7-11-18(12-8-16)23(2)3;/h5-12H,4,13-14H2,1-3H3,(H3,20,21,22);1H. The number of nitrogens with two attached hydrogens (primary N) is 1. The molecule has 0 radical (unpaired) electrons. The lowest BCUT2D eigenvalue weighted by molar-refractivity contribution is 0.963. The molecule has 0 atom stereocenters. The zero-order chi connectivity index (χ0) is 16.7. The van der Waals surface area contributed by atoms with Gasteiger partial charge in [0.2, 0.25) is 0 Å². The number of nitrogens with one attached hydrogen (secondary N) is 1. The van der Waals surface area contributed by atoms with Crippen LogP contribution in [0.15, 0.2) is 53.5 Å². The van der Waals surface area contributed by atoms with Crippen LogP contribution in [-0.4, -0.2) is 26.6 Å². The zero-order valence-corrected chi connectivity index (χ0v) is 17.0. The van der Waals surface area contributed by atoms with Crippen molar-refractivity contribution in [1.29, 1.82) is 0 Å². The second-order valence-electron chi connectivity index (χ2n) is 5.75. The number of hydrogen-bond donors (Lipinski definition) is 2. The molecule has 0 aliphatic heterocycles. The molecule has 0 unspecified atom stereocenters. The molecule has 0 bridgehead atoms. The molecule has 0 heterocycles. The van der Waals surface area contributed by atoms with Crippen molar-refractivity contribution in [2.24, 2.45) is 10.7 Å². The maximum absolute atomic E-state index is 5.94. The van der Waals surface area contributed by atoms with Crippen LogP contribution in [0.1, 0.15) is 18.1 Å². The summed E-state index contributed by atoms with van der Waals surface area (Å²) < 4.78 is 0. The lowest BCUT2D eigenvalue weighted by Crippen LogP contribution is -2.23. The highest BCUT2D eigenvalue weighted by molar-refractivity contribution is 14.0. The molecule has 2 rings (SSSR count). The minimum atomic E-state index is 0. The molecular weight excluding hydrogens is 411 g/mol. The third kappa shape index (κ3) is 6.39. The number of halogens is 1. The molecule has 24 heavy (non-hydrogen) atoms. The van der Waals surface area contributed by atoms with Gasteiger partial charge in [-0.15, -0.1) is 24.0 Å². The monoisotopic (exact) mass is 438 g/mol. The van der Waals surface area contributed by atoms with Gasteiger partial charge in [0.05, 0.1) is 0 Å². The van der Waals surface area contributed by atoms with Crippen LogP contribution in [0, 0.1) is 0 Å². The highest BCUT2D eigenvalue weighted by Crippen LogP contribution is 2.13. The summed E-state index contributed by atoms with van der Waals surface area (Å²) in [6.07, 6.45) is 1.92. The van der Waals surface area contributed by atoms with Crippen LogP contribution in [0.25, 0.3) is 0 Å². The van der Waals surface area contributed by atoms with Gasteiger partial charge < -0.3 is 16.0 Å². The Morgan fingerprint density at radius 1 is 1.00 bits per heavy atom. The zero-order valence-electron chi connectivity index (χ0n) is 14.6. The fourth-order valence-electron chi connectivity index (χ4n) is 2.28. The molecule has 3 N–H and O–H groups in total. The summed E-state index contributed by atoms with van der Waals surface area (Å²) in [6.45, 7) is 2.82. The van der Waals surface area contributed by atoms with Crippen LogP contribution in [0.4, 0.5) is 11.4 Å². The highest BCUT2D eigenvalue weighted by atomic mass is 127. The van der Waals surface area contributed by atoms with Crippen molar-refractivity contribution in [3.05, 3.63) is 59.7 Å². The van der Waals surface area contributed by atoms with Crippen LogP contribution in [0.5, 0.6) is 0 Å². The van der Waals surface area contributed by atoms with Gasteiger partial charge in [-0.05, 0) is 48.2 Å². The third-order valence-corrected chi connectivity index (χ3v) is 3.77. The molecule has 0 saturated carbocycles. The molecule has 5 heteroatoms. The van der Waals surface area contributed by atoms with E-state index in [2.05, 4.69) is 58.5 Å². The topological polar surface area (TPSA) is 53.6 Å². The Hall–Kier alpha value is -1.76. The first kappa shape index (κ1) is 20.3. The number of aliphatic imine (C=N–C) groups is 1. The average molecular weight is 438 g/mol. The Bertz CT molecular complexity index is 633. The summed E-state index contributed by atoms with van der Waals surface area (Å²) in [5.74, 6) is 0.458. The van der Waals surface area contributed by atoms with E-state index in [1.165, 1.54) is 16.8 Å². The van der Waals surface area contributed by atoms with Gasteiger partial charge in [0, 0.05) is 32.0 Å². The van der Waals surface area contributed by atoms with Crippen molar-refractivity contribution < 1.29 is 0 Å².